The molecule has 24 heavy (non-hydrogen) atoms. The third-order valence-electron chi connectivity index (χ3n) is 3.56. The van der Waals surface area contributed by atoms with E-state index in [4.69, 9.17) is 9.47 Å². The van der Waals surface area contributed by atoms with Crippen LogP contribution in [-0.2, 0) is 19.1 Å². The lowest BCUT2D eigenvalue weighted by atomic mass is 10.0. The Hall–Kier alpha value is -1.92. The van der Waals surface area contributed by atoms with Crippen LogP contribution in [0.5, 0.6) is 0 Å². The van der Waals surface area contributed by atoms with Gasteiger partial charge in [0, 0.05) is 6.08 Å². The number of ether oxygens (including phenoxy) is 2. The molecule has 134 valence electrons. The van der Waals surface area contributed by atoms with Gasteiger partial charge in [0.25, 0.3) is 0 Å². The molecule has 0 aromatic rings. The van der Waals surface area contributed by atoms with E-state index in [0.717, 1.165) is 0 Å². The van der Waals surface area contributed by atoms with Crippen molar-refractivity contribution in [1.82, 2.24) is 0 Å². The van der Waals surface area contributed by atoms with Gasteiger partial charge in [0.1, 0.15) is 18.3 Å². The van der Waals surface area contributed by atoms with Crippen molar-refractivity contribution in [3.8, 4) is 0 Å². The zero-order valence-corrected chi connectivity index (χ0v) is 14.1. The first-order valence-corrected chi connectivity index (χ1v) is 8.22. The number of aliphatic hydroxyl groups is 2. The van der Waals surface area contributed by atoms with Crippen LogP contribution in [0.1, 0.15) is 39.5 Å². The van der Waals surface area contributed by atoms with Crippen LogP contribution in [0, 0.1) is 0 Å². The normalized spacial score (nSPS) is 28.9. The second-order valence-corrected chi connectivity index (χ2v) is 5.56. The highest BCUT2D eigenvalue weighted by molar-refractivity contribution is 5.85. The zero-order valence-electron chi connectivity index (χ0n) is 14.1. The first kappa shape index (κ1) is 20.1. The number of carbonyl (C=O) groups excluding carboxylic acids is 2. The van der Waals surface area contributed by atoms with Crippen LogP contribution in [0.3, 0.4) is 0 Å². The summed E-state index contributed by atoms with van der Waals surface area (Å²) >= 11 is 0. The number of carbonyl (C=O) groups is 2. The average molecular weight is 338 g/mol. The van der Waals surface area contributed by atoms with Gasteiger partial charge in [0.2, 0.25) is 0 Å². The molecule has 0 radical (unpaired) electrons. The van der Waals surface area contributed by atoms with Crippen molar-refractivity contribution in [1.29, 1.82) is 0 Å². The Morgan fingerprint density at radius 2 is 2.17 bits per heavy atom. The molecule has 1 heterocycles. The number of cyclic esters (lactones) is 1. The molecule has 1 aliphatic heterocycles. The lowest BCUT2D eigenvalue weighted by molar-refractivity contribution is -0.176. The Kier molecular flexibility index (Phi) is 9.04. The minimum atomic E-state index is -1.21. The van der Waals surface area contributed by atoms with Gasteiger partial charge in [-0.25, -0.2) is 9.59 Å². The Morgan fingerprint density at radius 3 is 2.83 bits per heavy atom. The number of hydrogen-bond acceptors (Lipinski definition) is 6. The van der Waals surface area contributed by atoms with Gasteiger partial charge in [-0.3, -0.25) is 0 Å². The maximum Gasteiger partial charge on any atom is 0.347 e. The van der Waals surface area contributed by atoms with E-state index in [1.807, 2.05) is 13.8 Å². The number of allylic oxidation sites excluding steroid dienone is 4. The molecule has 0 saturated heterocycles. The van der Waals surface area contributed by atoms with Gasteiger partial charge in [0.15, 0.2) is 6.10 Å². The van der Waals surface area contributed by atoms with E-state index in [-0.39, 0.29) is 6.42 Å². The fourth-order valence-corrected chi connectivity index (χ4v) is 2.28. The molecule has 1 rings (SSSR count). The second-order valence-electron chi connectivity index (χ2n) is 5.56. The number of esters is 2. The van der Waals surface area contributed by atoms with E-state index < -0.39 is 36.4 Å². The maximum atomic E-state index is 12.3. The predicted octanol–water partition coefficient (Wildman–Crippen LogP) is 1.81. The molecule has 0 bridgehead atoms. The third kappa shape index (κ3) is 6.68. The molecule has 0 saturated carbocycles. The Balaban J connectivity index is 2.84. The smallest absolute Gasteiger partial charge is 0.347 e. The second kappa shape index (κ2) is 10.8. The minimum absolute atomic E-state index is 0.250. The fourth-order valence-electron chi connectivity index (χ4n) is 2.28. The van der Waals surface area contributed by atoms with Crippen molar-refractivity contribution < 1.29 is 29.3 Å². The molecule has 0 aliphatic carbocycles. The van der Waals surface area contributed by atoms with Gasteiger partial charge in [0.05, 0.1) is 0 Å². The summed E-state index contributed by atoms with van der Waals surface area (Å²) in [7, 11) is 0. The average Bonchev–Trinajstić information content (AvgIpc) is 2.55. The van der Waals surface area contributed by atoms with Crippen LogP contribution in [0.15, 0.2) is 36.5 Å². The molecular formula is C18H26O6. The summed E-state index contributed by atoms with van der Waals surface area (Å²) in [5, 5.41) is 20.0. The van der Waals surface area contributed by atoms with Crippen LogP contribution in [-0.4, -0.2) is 46.6 Å². The van der Waals surface area contributed by atoms with E-state index in [2.05, 4.69) is 0 Å². The van der Waals surface area contributed by atoms with Crippen LogP contribution in [0.2, 0.25) is 0 Å². The summed E-state index contributed by atoms with van der Waals surface area (Å²) < 4.78 is 10.4. The van der Waals surface area contributed by atoms with Gasteiger partial charge in [-0.15, -0.1) is 0 Å². The standard InChI is InChI=1S/C18H26O6/c1-3-5-6-12-16(20)23-15-11-8-7-10-13(19)17(21)14(9-4-2)24-18(15)22/h3,5-7,10,12-15,17,19,21H,4,8-9,11H2,1-2H3/t13-,14+,15-,17-/m0/s1. The van der Waals surface area contributed by atoms with Gasteiger partial charge in [-0.2, -0.15) is 0 Å². The Labute approximate surface area is 142 Å². The molecule has 0 spiro atoms. The zero-order chi connectivity index (χ0) is 17.9. The van der Waals surface area contributed by atoms with Crippen molar-refractivity contribution in [3.05, 3.63) is 36.5 Å². The SMILES string of the molecule is CC=CC=CC(=O)O[C@H]1CCC=C[C@H](O)[C@H](O)[C@@H](CCC)OC1=O. The van der Waals surface area contributed by atoms with Crippen molar-refractivity contribution in [2.45, 2.75) is 63.9 Å². The first-order chi connectivity index (χ1) is 11.5. The van der Waals surface area contributed by atoms with Crippen molar-refractivity contribution in [2.75, 3.05) is 0 Å². The third-order valence-corrected chi connectivity index (χ3v) is 3.56. The van der Waals surface area contributed by atoms with Crippen molar-refractivity contribution in [3.63, 3.8) is 0 Å². The maximum absolute atomic E-state index is 12.3. The summed E-state index contributed by atoms with van der Waals surface area (Å²) in [6.45, 7) is 3.69. The largest absolute Gasteiger partial charge is 0.457 e. The van der Waals surface area contributed by atoms with Crippen LogP contribution < -0.4 is 0 Å². The Bertz CT molecular complexity index is 494. The monoisotopic (exact) mass is 338 g/mol. The molecule has 0 unspecified atom stereocenters. The van der Waals surface area contributed by atoms with Gasteiger partial charge >= 0.3 is 11.9 Å². The molecule has 0 fully saturated rings. The Morgan fingerprint density at radius 1 is 1.42 bits per heavy atom. The summed E-state index contributed by atoms with van der Waals surface area (Å²) in [6, 6.07) is 0. The first-order valence-electron chi connectivity index (χ1n) is 8.22. The van der Waals surface area contributed by atoms with E-state index in [1.165, 1.54) is 18.2 Å². The fraction of sp³-hybridized carbons (Fsp3) is 0.556. The topological polar surface area (TPSA) is 93.1 Å². The summed E-state index contributed by atoms with van der Waals surface area (Å²) in [5.41, 5.74) is 0. The molecule has 0 aromatic heterocycles. The number of rotatable bonds is 5. The lowest BCUT2D eigenvalue weighted by Gasteiger charge is -2.27. The molecule has 0 amide bonds. The van der Waals surface area contributed by atoms with Gasteiger partial charge in [-0.1, -0.05) is 43.7 Å². The minimum Gasteiger partial charge on any atom is -0.457 e. The van der Waals surface area contributed by atoms with Crippen LogP contribution in [0.25, 0.3) is 0 Å². The van der Waals surface area contributed by atoms with E-state index in [1.54, 1.807) is 18.2 Å². The molecule has 0 aromatic carbocycles. The number of aliphatic hydroxyl groups excluding tert-OH is 2. The number of hydrogen-bond donors (Lipinski definition) is 2. The van der Waals surface area contributed by atoms with E-state index >= 15 is 0 Å². The predicted molar refractivity (Wildman–Crippen MR) is 89.0 cm³/mol. The van der Waals surface area contributed by atoms with Gasteiger partial charge < -0.3 is 19.7 Å². The lowest BCUT2D eigenvalue weighted by Crippen LogP contribution is -2.42. The summed E-state index contributed by atoms with van der Waals surface area (Å²) in [5.74, 6) is -1.34. The molecule has 1 aliphatic rings. The molecule has 6 heteroatoms. The molecule has 2 N–H and O–H groups in total. The highest BCUT2D eigenvalue weighted by atomic mass is 16.6. The van der Waals surface area contributed by atoms with Crippen LogP contribution in [0.4, 0.5) is 0 Å². The molecule has 4 atom stereocenters. The van der Waals surface area contributed by atoms with Crippen molar-refractivity contribution >= 4 is 11.9 Å². The van der Waals surface area contributed by atoms with Gasteiger partial charge in [-0.05, 0) is 26.2 Å². The highest BCUT2D eigenvalue weighted by Crippen LogP contribution is 2.17. The highest BCUT2D eigenvalue weighted by Gasteiger charge is 2.32. The van der Waals surface area contributed by atoms with E-state index in [9.17, 15) is 19.8 Å². The van der Waals surface area contributed by atoms with Crippen LogP contribution >= 0.6 is 0 Å². The summed E-state index contributed by atoms with van der Waals surface area (Å²) in [4.78, 5) is 24.0. The summed E-state index contributed by atoms with van der Waals surface area (Å²) in [6.07, 6.45) is 6.83. The molecular weight excluding hydrogens is 312 g/mol. The quantitative estimate of drug-likeness (QED) is 0.344. The van der Waals surface area contributed by atoms with E-state index in [0.29, 0.717) is 19.3 Å². The van der Waals surface area contributed by atoms with Crippen molar-refractivity contribution in [2.24, 2.45) is 0 Å². The molecule has 6 nitrogen and oxygen atoms in total.